The minimum atomic E-state index is -0.326. The Balaban J connectivity index is 1.37. The number of aromatic nitrogens is 7. The first-order valence-electron chi connectivity index (χ1n) is 12.3. The zero-order chi connectivity index (χ0) is 26.1. The molecule has 9 nitrogen and oxygen atoms in total. The zero-order valence-electron chi connectivity index (χ0n) is 20.5. The predicted octanol–water partition coefficient (Wildman–Crippen LogP) is 5.89. The fourth-order valence-electron chi connectivity index (χ4n) is 4.38. The van der Waals surface area contributed by atoms with E-state index in [1.807, 2.05) is 25.1 Å². The number of fused-ring (bicyclic) bond motifs is 2. The van der Waals surface area contributed by atoms with Crippen molar-refractivity contribution in [2.45, 2.75) is 26.2 Å². The van der Waals surface area contributed by atoms with Gasteiger partial charge in [0.2, 0.25) is 5.91 Å². The van der Waals surface area contributed by atoms with Gasteiger partial charge in [-0.15, -0.1) is 0 Å². The van der Waals surface area contributed by atoms with E-state index < -0.39 is 0 Å². The molecular weight excluding hydrogens is 483 g/mol. The lowest BCUT2D eigenvalue weighted by molar-refractivity contribution is -0.116. The summed E-state index contributed by atoms with van der Waals surface area (Å²) in [6, 6.07) is 10.1. The number of amides is 1. The quantitative estimate of drug-likeness (QED) is 0.248. The Labute approximate surface area is 216 Å². The van der Waals surface area contributed by atoms with Crippen LogP contribution in [0.15, 0.2) is 67.4 Å². The van der Waals surface area contributed by atoms with Gasteiger partial charge in [-0.3, -0.25) is 24.8 Å². The normalized spacial score (nSPS) is 11.3. The first kappa shape index (κ1) is 23.4. The molecule has 3 N–H and O–H groups in total. The summed E-state index contributed by atoms with van der Waals surface area (Å²) < 4.78 is 13.9. The standard InChI is InChI=1S/C28H23FN8O/c1-2-3-7-25(38)33-19-9-17(11-30-12-19)22-10-20-23(15-32-22)36-37-27(20)28-34-24-14-31-13-21(26(24)35-28)16-5-4-6-18(29)8-16/h4-6,8-15H,2-3,7H2,1H3,(H,33,38)(H,34,35)(H,36,37). The second-order valence-electron chi connectivity index (χ2n) is 8.98. The Morgan fingerprint density at radius 3 is 2.76 bits per heavy atom. The summed E-state index contributed by atoms with van der Waals surface area (Å²) in [5.41, 5.74) is 6.19. The van der Waals surface area contributed by atoms with Crippen LogP contribution >= 0.6 is 0 Å². The third kappa shape index (κ3) is 4.47. The Bertz CT molecular complexity index is 1790. The molecule has 1 aromatic carbocycles. The first-order chi connectivity index (χ1) is 18.6. The molecule has 0 saturated carbocycles. The van der Waals surface area contributed by atoms with Crippen LogP contribution in [0.2, 0.25) is 0 Å². The summed E-state index contributed by atoms with van der Waals surface area (Å²) in [5, 5.41) is 11.2. The van der Waals surface area contributed by atoms with Gasteiger partial charge in [-0.2, -0.15) is 5.10 Å². The number of carbonyl (C=O) groups is 1. The van der Waals surface area contributed by atoms with Gasteiger partial charge in [0.05, 0.1) is 46.5 Å². The van der Waals surface area contributed by atoms with Gasteiger partial charge in [-0.25, -0.2) is 9.37 Å². The van der Waals surface area contributed by atoms with Crippen molar-refractivity contribution >= 4 is 33.5 Å². The molecule has 0 fully saturated rings. The molecular formula is C28H23FN8O. The van der Waals surface area contributed by atoms with E-state index in [4.69, 9.17) is 4.98 Å². The van der Waals surface area contributed by atoms with Gasteiger partial charge in [0.1, 0.15) is 11.5 Å². The van der Waals surface area contributed by atoms with Crippen LogP contribution in [0.5, 0.6) is 0 Å². The number of rotatable bonds is 7. The number of carbonyl (C=O) groups excluding carboxylic acids is 1. The number of hydrogen-bond donors (Lipinski definition) is 3. The van der Waals surface area contributed by atoms with Crippen molar-refractivity contribution in [2.75, 3.05) is 5.32 Å². The second kappa shape index (κ2) is 9.81. The van der Waals surface area contributed by atoms with Crippen molar-refractivity contribution < 1.29 is 9.18 Å². The molecule has 0 atom stereocenters. The molecule has 0 aliphatic rings. The summed E-state index contributed by atoms with van der Waals surface area (Å²) in [6.45, 7) is 2.05. The highest BCUT2D eigenvalue weighted by molar-refractivity contribution is 5.97. The Morgan fingerprint density at radius 2 is 1.89 bits per heavy atom. The molecule has 0 saturated heterocycles. The fourth-order valence-corrected chi connectivity index (χ4v) is 4.38. The van der Waals surface area contributed by atoms with E-state index in [9.17, 15) is 9.18 Å². The number of aromatic amines is 2. The molecule has 0 unspecified atom stereocenters. The van der Waals surface area contributed by atoms with Crippen molar-refractivity contribution in [3.8, 4) is 33.9 Å². The highest BCUT2D eigenvalue weighted by Gasteiger charge is 2.17. The second-order valence-corrected chi connectivity index (χ2v) is 8.98. The van der Waals surface area contributed by atoms with Crippen LogP contribution in [0.1, 0.15) is 26.2 Å². The van der Waals surface area contributed by atoms with Crippen LogP contribution in [0, 0.1) is 5.82 Å². The number of pyridine rings is 3. The summed E-state index contributed by atoms with van der Waals surface area (Å²) >= 11 is 0. The summed E-state index contributed by atoms with van der Waals surface area (Å²) in [6.07, 6.45) is 10.6. The van der Waals surface area contributed by atoms with E-state index in [0.29, 0.717) is 45.9 Å². The summed E-state index contributed by atoms with van der Waals surface area (Å²) in [5.74, 6) is 0.181. The largest absolute Gasteiger partial charge is 0.335 e. The maximum Gasteiger partial charge on any atom is 0.224 e. The van der Waals surface area contributed by atoms with Gasteiger partial charge in [-0.1, -0.05) is 25.5 Å². The van der Waals surface area contributed by atoms with Gasteiger partial charge < -0.3 is 10.3 Å². The van der Waals surface area contributed by atoms with Gasteiger partial charge >= 0.3 is 0 Å². The lowest BCUT2D eigenvalue weighted by Crippen LogP contribution is -2.11. The van der Waals surface area contributed by atoms with Crippen LogP contribution in [0.25, 0.3) is 55.8 Å². The van der Waals surface area contributed by atoms with Crippen molar-refractivity contribution in [2.24, 2.45) is 0 Å². The number of H-pyrrole nitrogens is 2. The molecule has 0 aliphatic carbocycles. The monoisotopic (exact) mass is 506 g/mol. The van der Waals surface area contributed by atoms with Gasteiger partial charge in [-0.05, 0) is 36.2 Å². The molecule has 6 aromatic rings. The van der Waals surface area contributed by atoms with E-state index in [1.54, 1.807) is 37.1 Å². The third-order valence-corrected chi connectivity index (χ3v) is 6.28. The van der Waals surface area contributed by atoms with Crippen LogP contribution in [-0.2, 0) is 4.79 Å². The summed E-state index contributed by atoms with van der Waals surface area (Å²) in [4.78, 5) is 33.4. The summed E-state index contributed by atoms with van der Waals surface area (Å²) in [7, 11) is 0. The number of anilines is 1. The molecule has 188 valence electrons. The van der Waals surface area contributed by atoms with E-state index in [2.05, 4.69) is 35.5 Å². The highest BCUT2D eigenvalue weighted by Crippen LogP contribution is 2.32. The number of hydrogen-bond acceptors (Lipinski definition) is 6. The zero-order valence-corrected chi connectivity index (χ0v) is 20.5. The number of benzene rings is 1. The maximum atomic E-state index is 13.9. The van der Waals surface area contributed by atoms with Crippen molar-refractivity contribution in [3.63, 3.8) is 0 Å². The number of imidazole rings is 1. The molecule has 38 heavy (non-hydrogen) atoms. The van der Waals surface area contributed by atoms with E-state index in [0.717, 1.165) is 34.9 Å². The molecule has 0 aliphatic heterocycles. The molecule has 0 spiro atoms. The molecule has 5 heterocycles. The minimum Gasteiger partial charge on any atom is -0.335 e. The average molecular weight is 507 g/mol. The third-order valence-electron chi connectivity index (χ3n) is 6.28. The molecule has 5 aromatic heterocycles. The smallest absolute Gasteiger partial charge is 0.224 e. The number of nitrogens with one attached hydrogen (secondary N) is 3. The fraction of sp³-hybridized carbons (Fsp3) is 0.143. The Kier molecular flexibility index (Phi) is 6.04. The minimum absolute atomic E-state index is 0.0386. The van der Waals surface area contributed by atoms with E-state index in [-0.39, 0.29) is 11.7 Å². The van der Waals surface area contributed by atoms with Gasteiger partial charge in [0, 0.05) is 35.3 Å². The van der Waals surface area contributed by atoms with Crippen LogP contribution < -0.4 is 5.32 Å². The molecule has 0 radical (unpaired) electrons. The molecule has 10 heteroatoms. The van der Waals surface area contributed by atoms with Crippen molar-refractivity contribution in [3.05, 3.63) is 73.2 Å². The maximum absolute atomic E-state index is 13.9. The predicted molar refractivity (Wildman–Crippen MR) is 144 cm³/mol. The Morgan fingerprint density at radius 1 is 1.00 bits per heavy atom. The first-order valence-corrected chi connectivity index (χ1v) is 12.3. The lowest BCUT2D eigenvalue weighted by atomic mass is 10.1. The van der Waals surface area contributed by atoms with E-state index in [1.165, 1.54) is 12.1 Å². The van der Waals surface area contributed by atoms with E-state index >= 15 is 0 Å². The van der Waals surface area contributed by atoms with Gasteiger partial charge in [0.25, 0.3) is 0 Å². The van der Waals surface area contributed by atoms with Crippen LogP contribution in [0.4, 0.5) is 10.1 Å². The number of halogens is 1. The van der Waals surface area contributed by atoms with Gasteiger partial charge in [0.15, 0.2) is 5.82 Å². The van der Waals surface area contributed by atoms with Crippen LogP contribution in [0.3, 0.4) is 0 Å². The number of unbranched alkanes of at least 4 members (excludes halogenated alkanes) is 1. The highest BCUT2D eigenvalue weighted by atomic mass is 19.1. The average Bonchev–Trinajstić information content (AvgIpc) is 3.55. The SMILES string of the molecule is CCCCC(=O)Nc1cncc(-c2cc3c(-c4nc5c(-c6cccc(F)c6)cncc5[nH]4)n[nH]c3cn2)c1. The lowest BCUT2D eigenvalue weighted by Gasteiger charge is -2.07. The van der Waals surface area contributed by atoms with Crippen molar-refractivity contribution in [1.29, 1.82) is 0 Å². The molecule has 6 rings (SSSR count). The number of nitrogens with zero attached hydrogens (tertiary/aromatic N) is 5. The Hall–Kier alpha value is -4.99. The van der Waals surface area contributed by atoms with Crippen LogP contribution in [-0.4, -0.2) is 41.0 Å². The van der Waals surface area contributed by atoms with Crippen molar-refractivity contribution in [1.82, 2.24) is 35.1 Å². The molecule has 0 bridgehead atoms. The topological polar surface area (TPSA) is 125 Å². The molecule has 1 amide bonds.